The number of rotatable bonds is 3. The van der Waals surface area contributed by atoms with Crippen molar-refractivity contribution in [2.24, 2.45) is 0 Å². The van der Waals surface area contributed by atoms with Gasteiger partial charge in [0.15, 0.2) is 9.99 Å². The van der Waals surface area contributed by atoms with Gasteiger partial charge in [-0.15, -0.1) is 11.3 Å². The summed E-state index contributed by atoms with van der Waals surface area (Å²) in [6, 6.07) is 5.80. The number of benzene rings is 1. The van der Waals surface area contributed by atoms with Crippen LogP contribution in [0.5, 0.6) is 0 Å². The Balaban J connectivity index is 1.79. The SMILES string of the molecule is CSc1nc2c(Cn3cnc4cnc(C(F)(F)F)nc43)cccc2s1. The van der Waals surface area contributed by atoms with Crippen LogP contribution in [-0.2, 0) is 12.7 Å². The Kier molecular flexibility index (Phi) is 3.88. The minimum Gasteiger partial charge on any atom is -0.311 e. The van der Waals surface area contributed by atoms with E-state index >= 15 is 0 Å². The Hall–Kier alpha value is -2.20. The number of thioether (sulfide) groups is 1. The zero-order valence-corrected chi connectivity index (χ0v) is 14.4. The molecule has 0 amide bonds. The molecule has 4 rings (SSSR count). The fraction of sp³-hybridized carbons (Fsp3) is 0.200. The van der Waals surface area contributed by atoms with Crippen molar-refractivity contribution in [3.63, 3.8) is 0 Å². The Bertz CT molecular complexity index is 1070. The lowest BCUT2D eigenvalue weighted by Gasteiger charge is -2.07. The van der Waals surface area contributed by atoms with Gasteiger partial charge in [0.25, 0.3) is 0 Å². The molecule has 0 unspecified atom stereocenters. The first-order valence-electron chi connectivity index (χ1n) is 7.13. The molecular formula is C15H10F3N5S2. The number of halogens is 3. The standard InChI is InChI=1S/C15H10F3N5S2/c1-24-14-21-11-8(3-2-4-10(11)25-14)6-23-7-20-9-5-19-13(15(16,17)18)22-12(9)23/h2-5,7H,6H2,1H3. The van der Waals surface area contributed by atoms with Gasteiger partial charge in [-0.25, -0.2) is 19.9 Å². The maximum absolute atomic E-state index is 12.9. The lowest BCUT2D eigenvalue weighted by molar-refractivity contribution is -0.144. The van der Waals surface area contributed by atoms with E-state index < -0.39 is 12.0 Å². The van der Waals surface area contributed by atoms with Crippen molar-refractivity contribution in [3.8, 4) is 0 Å². The minimum atomic E-state index is -4.59. The third-order valence-corrected chi connectivity index (χ3v) is 5.62. The highest BCUT2D eigenvalue weighted by Crippen LogP contribution is 2.31. The van der Waals surface area contributed by atoms with Crippen LogP contribution in [0.3, 0.4) is 0 Å². The molecular weight excluding hydrogens is 371 g/mol. The van der Waals surface area contributed by atoms with Crippen LogP contribution in [0.4, 0.5) is 13.2 Å². The molecule has 0 aliphatic heterocycles. The first-order chi connectivity index (χ1) is 12.0. The molecule has 3 aromatic heterocycles. The van der Waals surface area contributed by atoms with Crippen LogP contribution in [0.2, 0.25) is 0 Å². The van der Waals surface area contributed by atoms with E-state index in [4.69, 9.17) is 0 Å². The fourth-order valence-corrected chi connectivity index (χ4v) is 4.02. The molecule has 0 radical (unpaired) electrons. The van der Waals surface area contributed by atoms with Crippen LogP contribution >= 0.6 is 23.1 Å². The van der Waals surface area contributed by atoms with E-state index in [1.807, 2.05) is 24.5 Å². The smallest absolute Gasteiger partial charge is 0.311 e. The molecule has 0 saturated heterocycles. The van der Waals surface area contributed by atoms with Crippen LogP contribution in [-0.4, -0.2) is 30.8 Å². The first-order valence-corrected chi connectivity index (χ1v) is 9.17. The summed E-state index contributed by atoms with van der Waals surface area (Å²) in [6.07, 6.45) is -0.0705. The van der Waals surface area contributed by atoms with Crippen LogP contribution in [0, 0.1) is 0 Å². The monoisotopic (exact) mass is 381 g/mol. The molecule has 128 valence electrons. The van der Waals surface area contributed by atoms with Crippen molar-refractivity contribution in [1.82, 2.24) is 24.5 Å². The lowest BCUT2D eigenvalue weighted by Crippen LogP contribution is -2.11. The summed E-state index contributed by atoms with van der Waals surface area (Å²) in [5, 5.41) is 0. The normalized spacial score (nSPS) is 12.3. The molecule has 0 saturated carbocycles. The van der Waals surface area contributed by atoms with Crippen LogP contribution in [0.25, 0.3) is 21.4 Å². The first kappa shape index (κ1) is 16.3. The molecule has 4 aromatic rings. The molecule has 0 spiro atoms. The topological polar surface area (TPSA) is 56.5 Å². The van der Waals surface area contributed by atoms with Crippen molar-refractivity contribution in [3.05, 3.63) is 42.1 Å². The van der Waals surface area contributed by atoms with Gasteiger partial charge in [0.05, 0.1) is 29.3 Å². The van der Waals surface area contributed by atoms with Gasteiger partial charge in [-0.2, -0.15) is 13.2 Å². The molecule has 0 fully saturated rings. The quantitative estimate of drug-likeness (QED) is 0.497. The van der Waals surface area contributed by atoms with Gasteiger partial charge in [0.2, 0.25) is 5.82 Å². The van der Waals surface area contributed by atoms with Gasteiger partial charge < -0.3 is 4.57 Å². The Morgan fingerprint density at radius 1 is 1.20 bits per heavy atom. The second-order valence-corrected chi connectivity index (χ2v) is 7.30. The summed E-state index contributed by atoms with van der Waals surface area (Å²) in [4.78, 5) is 15.7. The predicted octanol–water partition coefficient (Wildman–Crippen LogP) is 4.23. The van der Waals surface area contributed by atoms with Crippen LogP contribution in [0.1, 0.15) is 11.4 Å². The Morgan fingerprint density at radius 2 is 2.04 bits per heavy atom. The second kappa shape index (κ2) is 5.95. The summed E-state index contributed by atoms with van der Waals surface area (Å²) < 4.78 is 42.2. The molecule has 5 nitrogen and oxygen atoms in total. The summed E-state index contributed by atoms with van der Waals surface area (Å²) in [5.74, 6) is -1.17. The van der Waals surface area contributed by atoms with Gasteiger partial charge >= 0.3 is 6.18 Å². The Morgan fingerprint density at radius 3 is 2.80 bits per heavy atom. The highest BCUT2D eigenvalue weighted by Gasteiger charge is 2.35. The largest absolute Gasteiger partial charge is 0.451 e. The van der Waals surface area contributed by atoms with Gasteiger partial charge in [-0.05, 0) is 17.9 Å². The molecule has 0 aliphatic rings. The second-order valence-electron chi connectivity index (χ2n) is 5.22. The number of imidazole rings is 1. The molecule has 0 aliphatic carbocycles. The highest BCUT2D eigenvalue weighted by molar-refractivity contribution is 8.00. The number of hydrogen-bond donors (Lipinski definition) is 0. The van der Waals surface area contributed by atoms with Crippen LogP contribution < -0.4 is 0 Å². The molecule has 3 heterocycles. The van der Waals surface area contributed by atoms with Gasteiger partial charge in [0.1, 0.15) is 5.52 Å². The average molecular weight is 381 g/mol. The molecule has 10 heteroatoms. The van der Waals surface area contributed by atoms with E-state index in [-0.39, 0.29) is 5.65 Å². The molecule has 0 N–H and O–H groups in total. The number of thiazole rings is 1. The molecule has 25 heavy (non-hydrogen) atoms. The zero-order chi connectivity index (χ0) is 17.6. The van der Waals surface area contributed by atoms with E-state index in [0.717, 1.165) is 26.3 Å². The predicted molar refractivity (Wildman–Crippen MR) is 90.8 cm³/mol. The number of para-hydroxylation sites is 1. The molecule has 1 aromatic carbocycles. The number of hydrogen-bond acceptors (Lipinski definition) is 6. The maximum atomic E-state index is 12.9. The van der Waals surface area contributed by atoms with E-state index in [1.165, 1.54) is 6.33 Å². The highest BCUT2D eigenvalue weighted by atomic mass is 32.2. The Labute approximate surface area is 148 Å². The number of aromatic nitrogens is 5. The van der Waals surface area contributed by atoms with Crippen molar-refractivity contribution in [1.29, 1.82) is 0 Å². The van der Waals surface area contributed by atoms with Gasteiger partial charge in [-0.3, -0.25) is 0 Å². The van der Waals surface area contributed by atoms with Crippen LogP contribution in [0.15, 0.2) is 35.1 Å². The van der Waals surface area contributed by atoms with Crippen molar-refractivity contribution in [2.45, 2.75) is 17.1 Å². The van der Waals surface area contributed by atoms with E-state index in [1.54, 1.807) is 27.7 Å². The molecule has 0 atom stereocenters. The zero-order valence-electron chi connectivity index (χ0n) is 12.8. The number of fused-ring (bicyclic) bond motifs is 2. The third kappa shape index (κ3) is 2.95. The van der Waals surface area contributed by atoms with E-state index in [9.17, 15) is 13.2 Å². The van der Waals surface area contributed by atoms with Crippen molar-refractivity contribution >= 4 is 44.5 Å². The van der Waals surface area contributed by atoms with E-state index in [0.29, 0.717) is 12.1 Å². The number of nitrogens with zero attached hydrogens (tertiary/aromatic N) is 5. The number of alkyl halides is 3. The van der Waals surface area contributed by atoms with Gasteiger partial charge in [0, 0.05) is 0 Å². The van der Waals surface area contributed by atoms with Crippen molar-refractivity contribution < 1.29 is 13.2 Å². The van der Waals surface area contributed by atoms with Crippen molar-refractivity contribution in [2.75, 3.05) is 6.26 Å². The summed E-state index contributed by atoms with van der Waals surface area (Å²) >= 11 is 3.15. The van der Waals surface area contributed by atoms with E-state index in [2.05, 4.69) is 19.9 Å². The summed E-state index contributed by atoms with van der Waals surface area (Å²) in [7, 11) is 0. The fourth-order valence-electron chi connectivity index (χ4n) is 2.49. The van der Waals surface area contributed by atoms with Gasteiger partial charge in [-0.1, -0.05) is 23.9 Å². The average Bonchev–Trinajstić information content (AvgIpc) is 3.18. The summed E-state index contributed by atoms with van der Waals surface area (Å²) in [5.41, 5.74) is 2.23. The maximum Gasteiger partial charge on any atom is 0.451 e. The minimum absolute atomic E-state index is 0.152. The molecule has 0 bridgehead atoms. The summed E-state index contributed by atoms with van der Waals surface area (Å²) in [6.45, 7) is 0.333. The third-order valence-electron chi connectivity index (χ3n) is 3.61. The lowest BCUT2D eigenvalue weighted by atomic mass is 10.2.